The third-order valence-corrected chi connectivity index (χ3v) is 2.84. The van der Waals surface area contributed by atoms with Gasteiger partial charge in [-0.1, -0.05) is 17.7 Å². The first kappa shape index (κ1) is 15.7. The van der Waals surface area contributed by atoms with Gasteiger partial charge in [-0.05, 0) is 35.9 Å². The van der Waals surface area contributed by atoms with Gasteiger partial charge in [-0.25, -0.2) is 5.43 Å². The van der Waals surface area contributed by atoms with Crippen LogP contribution in [0.15, 0.2) is 53.9 Å². The van der Waals surface area contributed by atoms with E-state index in [1.807, 2.05) is 0 Å². The van der Waals surface area contributed by atoms with Gasteiger partial charge in [0.1, 0.15) is 0 Å². The molecular weight excluding hydrogens is 304 g/mol. The summed E-state index contributed by atoms with van der Waals surface area (Å²) in [5.74, 6) is -0.809. The fraction of sp³-hybridized carbons (Fsp3) is 0.0667. The van der Waals surface area contributed by atoms with Gasteiger partial charge in [-0.2, -0.15) is 5.10 Å². The molecule has 0 bridgehead atoms. The van der Waals surface area contributed by atoms with Gasteiger partial charge in [0.25, 0.3) is 11.8 Å². The summed E-state index contributed by atoms with van der Waals surface area (Å²) in [4.78, 5) is 27.2. The first-order valence-corrected chi connectivity index (χ1v) is 6.78. The van der Waals surface area contributed by atoms with Gasteiger partial charge in [-0.15, -0.1) is 0 Å². The lowest BCUT2D eigenvalue weighted by molar-refractivity contribution is -0.120. The molecule has 0 spiro atoms. The average molecular weight is 317 g/mol. The molecule has 1 heterocycles. The predicted octanol–water partition coefficient (Wildman–Crippen LogP) is 1.62. The lowest BCUT2D eigenvalue weighted by atomic mass is 10.2. The lowest BCUT2D eigenvalue weighted by Gasteiger charge is -2.04. The topological polar surface area (TPSA) is 83.5 Å². The van der Waals surface area contributed by atoms with Crippen LogP contribution in [0.3, 0.4) is 0 Å². The van der Waals surface area contributed by atoms with Crippen molar-refractivity contribution in [3.05, 3.63) is 64.9 Å². The third-order valence-electron chi connectivity index (χ3n) is 2.61. The van der Waals surface area contributed by atoms with Gasteiger partial charge in [0.2, 0.25) is 0 Å². The van der Waals surface area contributed by atoms with Crippen LogP contribution < -0.4 is 10.7 Å². The van der Waals surface area contributed by atoms with E-state index in [4.69, 9.17) is 11.6 Å². The average Bonchev–Trinajstić information content (AvgIpc) is 2.53. The molecule has 0 atom stereocenters. The molecule has 0 fully saturated rings. The Kier molecular flexibility index (Phi) is 5.62. The van der Waals surface area contributed by atoms with E-state index >= 15 is 0 Å². The summed E-state index contributed by atoms with van der Waals surface area (Å²) in [6, 6.07) is 9.96. The number of carbonyl (C=O) groups excluding carboxylic acids is 2. The molecule has 1 aromatic heterocycles. The molecule has 0 saturated carbocycles. The normalized spacial score (nSPS) is 10.4. The van der Waals surface area contributed by atoms with Crippen LogP contribution in [0.2, 0.25) is 5.02 Å². The molecule has 2 N–H and O–H groups in total. The summed E-state index contributed by atoms with van der Waals surface area (Å²) >= 11 is 5.80. The summed E-state index contributed by atoms with van der Waals surface area (Å²) in [6.45, 7) is -0.182. The van der Waals surface area contributed by atoms with Crippen LogP contribution in [0, 0.1) is 0 Å². The first-order chi connectivity index (χ1) is 10.6. The number of nitrogens with one attached hydrogen (secondary N) is 2. The van der Waals surface area contributed by atoms with Crippen molar-refractivity contribution in [2.24, 2.45) is 5.10 Å². The Morgan fingerprint density at radius 3 is 2.73 bits per heavy atom. The van der Waals surface area contributed by atoms with Crippen molar-refractivity contribution in [3.8, 4) is 0 Å². The lowest BCUT2D eigenvalue weighted by Crippen LogP contribution is -2.34. The minimum atomic E-state index is -0.430. The van der Waals surface area contributed by atoms with Gasteiger partial charge in [0, 0.05) is 23.0 Å². The highest BCUT2D eigenvalue weighted by atomic mass is 35.5. The van der Waals surface area contributed by atoms with Crippen molar-refractivity contribution in [1.82, 2.24) is 15.7 Å². The number of halogens is 1. The molecule has 22 heavy (non-hydrogen) atoms. The zero-order chi connectivity index (χ0) is 15.8. The van der Waals surface area contributed by atoms with E-state index in [0.29, 0.717) is 10.6 Å². The van der Waals surface area contributed by atoms with Crippen LogP contribution in [-0.4, -0.2) is 29.6 Å². The Balaban J connectivity index is 1.78. The van der Waals surface area contributed by atoms with E-state index in [1.54, 1.807) is 42.7 Å². The number of aromatic nitrogens is 1. The van der Waals surface area contributed by atoms with Gasteiger partial charge < -0.3 is 5.32 Å². The fourth-order valence-corrected chi connectivity index (χ4v) is 1.75. The van der Waals surface area contributed by atoms with Crippen molar-refractivity contribution < 1.29 is 9.59 Å². The molecule has 0 radical (unpaired) electrons. The van der Waals surface area contributed by atoms with Crippen LogP contribution >= 0.6 is 11.6 Å². The van der Waals surface area contributed by atoms with Crippen molar-refractivity contribution in [3.63, 3.8) is 0 Å². The largest absolute Gasteiger partial charge is 0.343 e. The Bertz CT molecular complexity index is 689. The summed E-state index contributed by atoms with van der Waals surface area (Å²) in [5.41, 5.74) is 3.51. The molecule has 0 saturated heterocycles. The van der Waals surface area contributed by atoms with Gasteiger partial charge in [0.15, 0.2) is 0 Å². The van der Waals surface area contributed by atoms with Crippen LogP contribution in [0.1, 0.15) is 15.9 Å². The highest BCUT2D eigenvalue weighted by Crippen LogP contribution is 2.10. The molecule has 112 valence electrons. The highest BCUT2D eigenvalue weighted by Gasteiger charge is 2.07. The molecule has 2 amide bonds. The Morgan fingerprint density at radius 2 is 2.00 bits per heavy atom. The van der Waals surface area contributed by atoms with Crippen LogP contribution in [0.4, 0.5) is 0 Å². The second-order valence-corrected chi connectivity index (χ2v) is 4.70. The Labute approximate surface area is 132 Å². The van der Waals surface area contributed by atoms with E-state index in [-0.39, 0.29) is 12.5 Å². The predicted molar refractivity (Wildman–Crippen MR) is 83.8 cm³/mol. The van der Waals surface area contributed by atoms with Gasteiger partial charge >= 0.3 is 0 Å². The molecule has 2 aromatic rings. The Hall–Kier alpha value is -2.73. The summed E-state index contributed by atoms with van der Waals surface area (Å²) in [7, 11) is 0. The SMILES string of the molecule is O=C(CNC(=O)c1cccc(Cl)c1)N/N=C\c1ccncc1. The van der Waals surface area contributed by atoms with Crippen molar-refractivity contribution >= 4 is 29.6 Å². The maximum atomic E-state index is 11.8. The number of pyridine rings is 1. The number of rotatable bonds is 5. The minimum absolute atomic E-state index is 0.182. The van der Waals surface area contributed by atoms with Gasteiger partial charge in [0.05, 0.1) is 12.8 Å². The maximum absolute atomic E-state index is 11.8. The Morgan fingerprint density at radius 1 is 1.23 bits per heavy atom. The fourth-order valence-electron chi connectivity index (χ4n) is 1.56. The number of nitrogens with zero attached hydrogens (tertiary/aromatic N) is 2. The van der Waals surface area contributed by atoms with Crippen LogP contribution in [0.25, 0.3) is 0 Å². The summed E-state index contributed by atoms with van der Waals surface area (Å²) in [5, 5.41) is 6.72. The molecule has 0 aliphatic carbocycles. The molecule has 6 nitrogen and oxygen atoms in total. The number of benzene rings is 1. The number of hydrogen-bond acceptors (Lipinski definition) is 4. The van der Waals surface area contributed by atoms with E-state index in [0.717, 1.165) is 5.56 Å². The summed E-state index contributed by atoms with van der Waals surface area (Å²) in [6.07, 6.45) is 4.72. The minimum Gasteiger partial charge on any atom is -0.343 e. The molecule has 1 aromatic carbocycles. The molecule has 0 aliphatic heterocycles. The molecular formula is C15H13ClN4O2. The quantitative estimate of drug-likeness (QED) is 0.649. The molecule has 7 heteroatoms. The van der Waals surface area contributed by atoms with E-state index in [1.165, 1.54) is 12.3 Å². The molecule has 0 unspecified atom stereocenters. The van der Waals surface area contributed by atoms with Gasteiger partial charge in [-0.3, -0.25) is 14.6 Å². The first-order valence-electron chi connectivity index (χ1n) is 6.41. The molecule has 0 aliphatic rings. The highest BCUT2D eigenvalue weighted by molar-refractivity contribution is 6.30. The zero-order valence-corrected chi connectivity index (χ0v) is 12.2. The van der Waals surface area contributed by atoms with E-state index in [9.17, 15) is 9.59 Å². The second-order valence-electron chi connectivity index (χ2n) is 4.27. The standard InChI is InChI=1S/C15H13ClN4O2/c16-13-3-1-2-12(8-13)15(22)18-10-14(21)20-19-9-11-4-6-17-7-5-11/h1-9H,10H2,(H,18,22)(H,20,21)/b19-9-. The third kappa shape index (κ3) is 4.99. The molecule has 2 rings (SSSR count). The van der Waals surface area contributed by atoms with Crippen molar-refractivity contribution in [2.45, 2.75) is 0 Å². The van der Waals surface area contributed by atoms with Crippen molar-refractivity contribution in [1.29, 1.82) is 0 Å². The number of hydrogen-bond donors (Lipinski definition) is 2. The maximum Gasteiger partial charge on any atom is 0.259 e. The van der Waals surface area contributed by atoms with E-state index < -0.39 is 5.91 Å². The monoisotopic (exact) mass is 316 g/mol. The smallest absolute Gasteiger partial charge is 0.259 e. The summed E-state index contributed by atoms with van der Waals surface area (Å²) < 4.78 is 0. The van der Waals surface area contributed by atoms with E-state index in [2.05, 4.69) is 20.8 Å². The van der Waals surface area contributed by atoms with Crippen molar-refractivity contribution in [2.75, 3.05) is 6.54 Å². The zero-order valence-electron chi connectivity index (χ0n) is 11.5. The van der Waals surface area contributed by atoms with Crippen LogP contribution in [0.5, 0.6) is 0 Å². The number of amides is 2. The number of hydrazone groups is 1. The number of carbonyl (C=O) groups is 2. The second kappa shape index (κ2) is 7.90. The van der Waals surface area contributed by atoms with Crippen LogP contribution in [-0.2, 0) is 4.79 Å².